The average Bonchev–Trinajstić information content (AvgIpc) is 2.84. The van der Waals surface area contributed by atoms with Crippen LogP contribution in [0.15, 0.2) is 42.6 Å². The fourth-order valence-corrected chi connectivity index (χ4v) is 3.30. The lowest BCUT2D eigenvalue weighted by Crippen LogP contribution is -2.08. The summed E-state index contributed by atoms with van der Waals surface area (Å²) in [4.78, 5) is 3.42. The van der Waals surface area contributed by atoms with Crippen molar-refractivity contribution in [2.75, 3.05) is 5.32 Å². The summed E-state index contributed by atoms with van der Waals surface area (Å²) in [5.41, 5.74) is 7.80. The molecular weight excluding hydrogens is 244 g/mol. The zero-order valence-corrected chi connectivity index (χ0v) is 11.8. The molecule has 1 unspecified atom stereocenters. The maximum absolute atomic E-state index is 3.71. The quantitative estimate of drug-likeness (QED) is 0.633. The number of rotatable bonds is 1. The highest BCUT2D eigenvalue weighted by Gasteiger charge is 2.22. The highest BCUT2D eigenvalue weighted by Crippen LogP contribution is 2.43. The summed E-state index contributed by atoms with van der Waals surface area (Å²) in [7, 11) is 0. The number of aromatic nitrogens is 1. The van der Waals surface area contributed by atoms with E-state index >= 15 is 0 Å². The Kier molecular flexibility index (Phi) is 2.40. The van der Waals surface area contributed by atoms with Crippen molar-refractivity contribution in [3.63, 3.8) is 0 Å². The van der Waals surface area contributed by atoms with Crippen molar-refractivity contribution >= 4 is 16.6 Å². The van der Waals surface area contributed by atoms with Crippen molar-refractivity contribution in [3.05, 3.63) is 53.7 Å². The van der Waals surface area contributed by atoms with Crippen LogP contribution in [0.5, 0.6) is 0 Å². The Balaban J connectivity index is 2.13. The number of nitrogens with one attached hydrogen (secondary N) is 2. The van der Waals surface area contributed by atoms with E-state index in [0.29, 0.717) is 6.04 Å². The molecule has 100 valence electrons. The van der Waals surface area contributed by atoms with Crippen LogP contribution in [-0.4, -0.2) is 4.98 Å². The Labute approximate surface area is 118 Å². The van der Waals surface area contributed by atoms with Crippen molar-refractivity contribution in [3.8, 4) is 11.1 Å². The van der Waals surface area contributed by atoms with E-state index in [1.54, 1.807) is 0 Å². The molecule has 0 saturated heterocycles. The van der Waals surface area contributed by atoms with Gasteiger partial charge in [0.1, 0.15) is 0 Å². The number of fused-ring (bicyclic) bond motifs is 2. The predicted molar refractivity (Wildman–Crippen MR) is 85.1 cm³/mol. The molecule has 0 amide bonds. The van der Waals surface area contributed by atoms with Crippen molar-refractivity contribution < 1.29 is 0 Å². The van der Waals surface area contributed by atoms with Gasteiger partial charge in [-0.15, -0.1) is 0 Å². The molecule has 2 nitrogen and oxygen atoms in total. The van der Waals surface area contributed by atoms with Crippen LogP contribution in [0.1, 0.15) is 30.5 Å². The van der Waals surface area contributed by atoms with Crippen molar-refractivity contribution in [1.82, 2.24) is 4.98 Å². The number of aryl methyl sites for hydroxylation is 1. The van der Waals surface area contributed by atoms with Crippen LogP contribution in [0.2, 0.25) is 0 Å². The molecule has 0 fully saturated rings. The highest BCUT2D eigenvalue weighted by molar-refractivity contribution is 6.02. The van der Waals surface area contributed by atoms with E-state index in [1.807, 2.05) is 0 Å². The lowest BCUT2D eigenvalue weighted by molar-refractivity contribution is 0.757. The summed E-state index contributed by atoms with van der Waals surface area (Å²) < 4.78 is 0. The number of aromatic amines is 1. The van der Waals surface area contributed by atoms with Gasteiger partial charge in [-0.2, -0.15) is 0 Å². The number of hydrogen-bond donors (Lipinski definition) is 2. The lowest BCUT2D eigenvalue weighted by Gasteiger charge is -2.17. The molecule has 2 N–H and O–H groups in total. The van der Waals surface area contributed by atoms with E-state index in [4.69, 9.17) is 0 Å². The summed E-state index contributed by atoms with van der Waals surface area (Å²) in [5, 5.41) is 5.08. The van der Waals surface area contributed by atoms with E-state index in [0.717, 1.165) is 6.42 Å². The Bertz CT molecular complexity index is 798. The Morgan fingerprint density at radius 3 is 2.85 bits per heavy atom. The largest absolute Gasteiger partial charge is 0.378 e. The molecule has 3 aromatic rings. The summed E-state index contributed by atoms with van der Waals surface area (Å²) in [6.45, 7) is 4.39. The molecule has 0 bridgehead atoms. The monoisotopic (exact) mass is 262 g/mol. The molecule has 4 rings (SSSR count). The summed E-state index contributed by atoms with van der Waals surface area (Å²) >= 11 is 0. The normalized spacial score (nSPS) is 16.6. The molecule has 2 aromatic carbocycles. The Morgan fingerprint density at radius 2 is 2.00 bits per heavy atom. The molecule has 1 aromatic heterocycles. The van der Waals surface area contributed by atoms with E-state index in [-0.39, 0.29) is 0 Å². The zero-order valence-electron chi connectivity index (χ0n) is 11.8. The van der Waals surface area contributed by atoms with Crippen LogP contribution >= 0.6 is 0 Å². The second-order valence-electron chi connectivity index (χ2n) is 5.63. The first-order valence-corrected chi connectivity index (χ1v) is 7.25. The zero-order chi connectivity index (χ0) is 13.7. The minimum atomic E-state index is 0.369. The van der Waals surface area contributed by atoms with Crippen LogP contribution in [0.4, 0.5) is 5.69 Å². The molecule has 0 radical (unpaired) electrons. The summed E-state index contributed by atoms with van der Waals surface area (Å²) in [6.07, 6.45) is 3.24. The number of benzene rings is 2. The predicted octanol–water partition coefficient (Wildman–Crippen LogP) is 5.02. The van der Waals surface area contributed by atoms with Crippen LogP contribution < -0.4 is 5.32 Å². The molecule has 0 saturated carbocycles. The minimum absolute atomic E-state index is 0.369. The molecule has 1 atom stereocenters. The third-order valence-corrected chi connectivity index (χ3v) is 4.31. The highest BCUT2D eigenvalue weighted by atomic mass is 14.9. The molecule has 1 aliphatic heterocycles. The maximum atomic E-state index is 3.71. The van der Waals surface area contributed by atoms with Gasteiger partial charge in [-0.05, 0) is 37.1 Å². The third kappa shape index (κ3) is 1.51. The molecule has 0 spiro atoms. The fraction of sp³-hybridized carbons (Fsp3) is 0.222. The Hall–Kier alpha value is -2.22. The average molecular weight is 262 g/mol. The van der Waals surface area contributed by atoms with Gasteiger partial charge in [0.15, 0.2) is 0 Å². The number of H-pyrrole nitrogens is 1. The van der Waals surface area contributed by atoms with E-state index < -0.39 is 0 Å². The van der Waals surface area contributed by atoms with Gasteiger partial charge in [0.05, 0.1) is 6.04 Å². The first-order chi connectivity index (χ1) is 9.78. The molecule has 20 heavy (non-hydrogen) atoms. The maximum Gasteiger partial charge on any atom is 0.0532 e. The molecule has 2 heterocycles. The SMILES string of the molecule is CCC1Nc2ccc(C)cc2-c2cccc3[nH]cc1c23. The van der Waals surface area contributed by atoms with Gasteiger partial charge < -0.3 is 10.3 Å². The number of anilines is 1. The van der Waals surface area contributed by atoms with E-state index in [1.165, 1.54) is 38.8 Å². The van der Waals surface area contributed by atoms with Crippen LogP contribution in [0.3, 0.4) is 0 Å². The van der Waals surface area contributed by atoms with Crippen LogP contribution in [-0.2, 0) is 0 Å². The molecular formula is C18H18N2. The van der Waals surface area contributed by atoms with Crippen LogP contribution in [0.25, 0.3) is 22.0 Å². The Morgan fingerprint density at radius 1 is 1.10 bits per heavy atom. The van der Waals surface area contributed by atoms with Gasteiger partial charge in [0, 0.05) is 33.9 Å². The lowest BCUT2D eigenvalue weighted by atomic mass is 9.97. The van der Waals surface area contributed by atoms with E-state index in [2.05, 4.69) is 66.7 Å². The number of hydrogen-bond acceptors (Lipinski definition) is 1. The smallest absolute Gasteiger partial charge is 0.0532 e. The fourth-order valence-electron chi connectivity index (χ4n) is 3.30. The minimum Gasteiger partial charge on any atom is -0.378 e. The van der Waals surface area contributed by atoms with Gasteiger partial charge in [-0.25, -0.2) is 0 Å². The molecule has 1 aliphatic rings. The topological polar surface area (TPSA) is 27.8 Å². The second-order valence-corrected chi connectivity index (χ2v) is 5.63. The van der Waals surface area contributed by atoms with Crippen LogP contribution in [0, 0.1) is 6.92 Å². The van der Waals surface area contributed by atoms with Crippen molar-refractivity contribution in [2.45, 2.75) is 26.3 Å². The standard InChI is InChI=1S/C18H18N2/c1-3-15-14-10-19-17-6-4-5-12(18(14)17)13-9-11(2)7-8-16(13)20-15/h4-10,15,19-20H,3H2,1-2H3. The van der Waals surface area contributed by atoms with Gasteiger partial charge in [0.25, 0.3) is 0 Å². The van der Waals surface area contributed by atoms with Crippen molar-refractivity contribution in [1.29, 1.82) is 0 Å². The van der Waals surface area contributed by atoms with Gasteiger partial charge in [-0.1, -0.05) is 30.7 Å². The van der Waals surface area contributed by atoms with Crippen molar-refractivity contribution in [2.24, 2.45) is 0 Å². The van der Waals surface area contributed by atoms with Gasteiger partial charge in [0.2, 0.25) is 0 Å². The first-order valence-electron chi connectivity index (χ1n) is 7.25. The second kappa shape index (κ2) is 4.14. The molecule has 2 heteroatoms. The third-order valence-electron chi connectivity index (χ3n) is 4.31. The van der Waals surface area contributed by atoms with E-state index in [9.17, 15) is 0 Å². The van der Waals surface area contributed by atoms with Gasteiger partial charge in [-0.3, -0.25) is 0 Å². The first kappa shape index (κ1) is 11.6. The summed E-state index contributed by atoms with van der Waals surface area (Å²) in [5.74, 6) is 0. The summed E-state index contributed by atoms with van der Waals surface area (Å²) in [6, 6.07) is 13.6. The van der Waals surface area contributed by atoms with Gasteiger partial charge >= 0.3 is 0 Å². The molecule has 0 aliphatic carbocycles.